The maximum atomic E-state index is 12.1. The molecule has 2 aromatic carbocycles. The molecular formula is C20H14ClN3O6. The highest BCUT2D eigenvalue weighted by molar-refractivity contribution is 6.32. The second kappa shape index (κ2) is 8.26. The van der Waals surface area contributed by atoms with Gasteiger partial charge in [0.2, 0.25) is 12.7 Å². The van der Waals surface area contributed by atoms with Crippen LogP contribution in [0.5, 0.6) is 11.5 Å². The van der Waals surface area contributed by atoms with Gasteiger partial charge in [-0.05, 0) is 42.0 Å². The molecule has 0 unspecified atom stereocenters. The number of hydrogen-bond donors (Lipinski definition) is 1. The van der Waals surface area contributed by atoms with Gasteiger partial charge in [0.15, 0.2) is 11.5 Å². The van der Waals surface area contributed by atoms with Gasteiger partial charge in [-0.3, -0.25) is 14.9 Å². The summed E-state index contributed by atoms with van der Waals surface area (Å²) >= 11 is 5.82. The Morgan fingerprint density at radius 2 is 2.00 bits per heavy atom. The van der Waals surface area contributed by atoms with Crippen LogP contribution in [0.1, 0.15) is 11.3 Å². The van der Waals surface area contributed by atoms with E-state index in [1.165, 1.54) is 18.3 Å². The van der Waals surface area contributed by atoms with E-state index in [1.54, 1.807) is 36.4 Å². The van der Waals surface area contributed by atoms with Crippen LogP contribution in [0.4, 0.5) is 5.69 Å². The average Bonchev–Trinajstić information content (AvgIpc) is 3.37. The van der Waals surface area contributed by atoms with Crippen molar-refractivity contribution in [2.75, 3.05) is 6.79 Å². The molecule has 4 rings (SSSR count). The number of furan rings is 1. The highest BCUT2D eigenvalue weighted by Gasteiger charge is 2.16. The minimum absolute atomic E-state index is 0.0438. The SMILES string of the molecule is O=C(Cc1ccc2c(c1)OCO2)N/N=C\c1ccc(-c2ccc(Cl)c([N+](=O)[O-])c2)o1. The summed E-state index contributed by atoms with van der Waals surface area (Å²) in [5, 5.41) is 14.9. The van der Waals surface area contributed by atoms with Crippen molar-refractivity contribution in [2.45, 2.75) is 6.42 Å². The Hall–Kier alpha value is -3.85. The third-order valence-electron chi connectivity index (χ3n) is 4.24. The number of hydrazone groups is 1. The summed E-state index contributed by atoms with van der Waals surface area (Å²) in [6, 6.07) is 12.9. The van der Waals surface area contributed by atoms with E-state index in [1.807, 2.05) is 0 Å². The molecule has 0 radical (unpaired) electrons. The number of carbonyl (C=O) groups excluding carboxylic acids is 1. The lowest BCUT2D eigenvalue weighted by Crippen LogP contribution is -2.19. The Kier molecular flexibility index (Phi) is 5.36. The Balaban J connectivity index is 1.37. The molecule has 2 heterocycles. The number of nitro groups is 1. The standard InChI is InChI=1S/C20H14ClN3O6/c21-15-4-2-13(9-16(15)24(26)27)17-6-3-14(30-17)10-22-23-20(25)8-12-1-5-18-19(7-12)29-11-28-18/h1-7,9-10H,8,11H2,(H,23,25)/b22-10-. The fraction of sp³-hybridized carbons (Fsp3) is 0.100. The van der Waals surface area contributed by atoms with Crippen LogP contribution in [0, 0.1) is 10.1 Å². The molecule has 1 aliphatic rings. The zero-order valence-corrected chi connectivity index (χ0v) is 16.1. The minimum atomic E-state index is -0.563. The Bertz CT molecular complexity index is 1160. The largest absolute Gasteiger partial charge is 0.455 e. The normalized spacial score (nSPS) is 12.3. The molecule has 3 aromatic rings. The van der Waals surface area contributed by atoms with E-state index >= 15 is 0 Å². The first-order chi connectivity index (χ1) is 14.5. The number of benzene rings is 2. The molecule has 9 nitrogen and oxygen atoms in total. The number of ether oxygens (including phenoxy) is 2. The Morgan fingerprint density at radius 3 is 2.83 bits per heavy atom. The first kappa shape index (κ1) is 19.5. The summed E-state index contributed by atoms with van der Waals surface area (Å²) in [4.78, 5) is 22.5. The molecule has 1 aromatic heterocycles. The van der Waals surface area contributed by atoms with E-state index < -0.39 is 4.92 Å². The lowest BCUT2D eigenvalue weighted by Gasteiger charge is -2.02. The number of fused-ring (bicyclic) bond motifs is 1. The van der Waals surface area contributed by atoms with Gasteiger partial charge in [-0.2, -0.15) is 5.10 Å². The number of nitrogens with zero attached hydrogens (tertiary/aromatic N) is 2. The number of carbonyl (C=O) groups is 1. The lowest BCUT2D eigenvalue weighted by atomic mass is 10.1. The minimum Gasteiger partial charge on any atom is -0.455 e. The van der Waals surface area contributed by atoms with Gasteiger partial charge in [0.05, 0.1) is 17.6 Å². The van der Waals surface area contributed by atoms with E-state index in [2.05, 4.69) is 10.5 Å². The number of halogens is 1. The molecule has 152 valence electrons. The first-order valence-corrected chi connectivity index (χ1v) is 9.12. The predicted octanol–water partition coefficient (Wildman–Crippen LogP) is 3.93. The summed E-state index contributed by atoms with van der Waals surface area (Å²) in [6.45, 7) is 0.170. The zero-order chi connectivity index (χ0) is 21.1. The van der Waals surface area contributed by atoms with Crippen molar-refractivity contribution in [3.05, 3.63) is 75.0 Å². The number of nitrogens with one attached hydrogen (secondary N) is 1. The van der Waals surface area contributed by atoms with Crippen molar-refractivity contribution in [1.82, 2.24) is 5.43 Å². The summed E-state index contributed by atoms with van der Waals surface area (Å²) in [6.07, 6.45) is 1.46. The van der Waals surface area contributed by atoms with Crippen molar-refractivity contribution >= 4 is 29.4 Å². The van der Waals surface area contributed by atoms with Gasteiger partial charge in [0.25, 0.3) is 5.69 Å². The van der Waals surface area contributed by atoms with Crippen LogP contribution in [-0.4, -0.2) is 23.8 Å². The molecule has 0 saturated heterocycles. The van der Waals surface area contributed by atoms with Gasteiger partial charge in [-0.15, -0.1) is 0 Å². The summed E-state index contributed by atoms with van der Waals surface area (Å²) in [5.41, 5.74) is 3.47. The van der Waals surface area contributed by atoms with Crippen LogP contribution in [0.3, 0.4) is 0 Å². The molecule has 0 bridgehead atoms. The molecule has 0 spiro atoms. The van der Waals surface area contributed by atoms with Gasteiger partial charge in [-0.1, -0.05) is 17.7 Å². The molecule has 0 aliphatic carbocycles. The molecular weight excluding hydrogens is 414 g/mol. The predicted molar refractivity (Wildman–Crippen MR) is 108 cm³/mol. The summed E-state index contributed by atoms with van der Waals surface area (Å²) in [5.74, 6) is 1.71. The van der Waals surface area contributed by atoms with Crippen LogP contribution in [0.2, 0.25) is 5.02 Å². The highest BCUT2D eigenvalue weighted by Crippen LogP contribution is 2.33. The second-order valence-electron chi connectivity index (χ2n) is 6.28. The fourth-order valence-corrected chi connectivity index (χ4v) is 3.01. The van der Waals surface area contributed by atoms with Gasteiger partial charge in [0, 0.05) is 11.6 Å². The van der Waals surface area contributed by atoms with E-state index in [-0.39, 0.29) is 29.8 Å². The molecule has 1 amide bonds. The molecule has 1 N–H and O–H groups in total. The van der Waals surface area contributed by atoms with Gasteiger partial charge < -0.3 is 13.9 Å². The van der Waals surface area contributed by atoms with Crippen LogP contribution in [0.15, 0.2) is 58.0 Å². The fourth-order valence-electron chi connectivity index (χ4n) is 2.83. The number of rotatable bonds is 6. The maximum absolute atomic E-state index is 12.1. The topological polar surface area (TPSA) is 116 Å². The zero-order valence-electron chi connectivity index (χ0n) is 15.3. The van der Waals surface area contributed by atoms with E-state index in [9.17, 15) is 14.9 Å². The third kappa shape index (κ3) is 4.26. The van der Waals surface area contributed by atoms with Crippen molar-refractivity contribution in [3.63, 3.8) is 0 Å². The van der Waals surface area contributed by atoms with Gasteiger partial charge in [-0.25, -0.2) is 5.43 Å². The quantitative estimate of drug-likeness (QED) is 0.362. The van der Waals surface area contributed by atoms with Crippen LogP contribution in [-0.2, 0) is 11.2 Å². The van der Waals surface area contributed by atoms with Crippen molar-refractivity contribution < 1.29 is 23.6 Å². The Morgan fingerprint density at radius 1 is 1.17 bits per heavy atom. The van der Waals surface area contributed by atoms with Gasteiger partial charge >= 0.3 is 0 Å². The average molecular weight is 428 g/mol. The van der Waals surface area contributed by atoms with Crippen LogP contribution >= 0.6 is 11.6 Å². The third-order valence-corrected chi connectivity index (χ3v) is 4.56. The monoisotopic (exact) mass is 427 g/mol. The van der Waals surface area contributed by atoms with Crippen molar-refractivity contribution in [1.29, 1.82) is 0 Å². The molecule has 10 heteroatoms. The van der Waals surface area contributed by atoms with E-state index in [0.717, 1.165) is 5.56 Å². The first-order valence-electron chi connectivity index (χ1n) is 8.74. The summed E-state index contributed by atoms with van der Waals surface area (Å²) < 4.78 is 16.1. The van der Waals surface area contributed by atoms with Gasteiger partial charge in [0.1, 0.15) is 16.5 Å². The number of hydrogen-bond acceptors (Lipinski definition) is 7. The molecule has 1 aliphatic heterocycles. The van der Waals surface area contributed by atoms with Crippen molar-refractivity contribution in [3.8, 4) is 22.8 Å². The molecule has 0 fully saturated rings. The lowest BCUT2D eigenvalue weighted by molar-refractivity contribution is -0.384. The molecule has 30 heavy (non-hydrogen) atoms. The number of amides is 1. The number of nitro benzene ring substituents is 1. The van der Waals surface area contributed by atoms with Crippen LogP contribution < -0.4 is 14.9 Å². The highest BCUT2D eigenvalue weighted by atomic mass is 35.5. The van der Waals surface area contributed by atoms with E-state index in [4.69, 9.17) is 25.5 Å². The van der Waals surface area contributed by atoms with Crippen molar-refractivity contribution in [2.24, 2.45) is 5.10 Å². The van der Waals surface area contributed by atoms with Crippen LogP contribution in [0.25, 0.3) is 11.3 Å². The second-order valence-corrected chi connectivity index (χ2v) is 6.69. The smallest absolute Gasteiger partial charge is 0.288 e. The Labute approximate surface area is 175 Å². The molecule has 0 atom stereocenters. The molecule has 0 saturated carbocycles. The summed E-state index contributed by atoms with van der Waals surface area (Å²) in [7, 11) is 0. The maximum Gasteiger partial charge on any atom is 0.288 e. The van der Waals surface area contributed by atoms with E-state index in [0.29, 0.717) is 28.6 Å².